The summed E-state index contributed by atoms with van der Waals surface area (Å²) >= 11 is 2.60. The van der Waals surface area contributed by atoms with Crippen LogP contribution in [0.4, 0.5) is 0 Å². The summed E-state index contributed by atoms with van der Waals surface area (Å²) in [6.45, 7) is 3.36. The van der Waals surface area contributed by atoms with Crippen LogP contribution >= 0.6 is 21.8 Å². The van der Waals surface area contributed by atoms with Crippen molar-refractivity contribution in [2.24, 2.45) is 17.8 Å². The lowest BCUT2D eigenvalue weighted by atomic mass is 9.70. The molecule has 0 unspecified atom stereocenters. The fraction of sp³-hybridized carbons (Fsp3) is 1.00. The number of rotatable bonds is 9. The zero-order chi connectivity index (χ0) is 15.6. The molecule has 0 bridgehead atoms. The molecule has 0 radical (unpaired) electrons. The van der Waals surface area contributed by atoms with Crippen LogP contribution in [0.25, 0.3) is 0 Å². The van der Waals surface area contributed by atoms with Gasteiger partial charge in [0.1, 0.15) is 0 Å². The number of hydrogen-bond donors (Lipinski definition) is 0. The Balaban J connectivity index is 1.57. The fourth-order valence-corrected chi connectivity index (χ4v) is 6.63. The van der Waals surface area contributed by atoms with Gasteiger partial charge in [-0.25, -0.2) is 0 Å². The number of halogens is 1. The van der Waals surface area contributed by atoms with E-state index in [9.17, 15) is 0 Å². The molecule has 2 aliphatic rings. The van der Waals surface area contributed by atoms with E-state index in [0.717, 1.165) is 24.4 Å². The highest BCUT2D eigenvalue weighted by molar-refractivity contribution is 14.1. The molecule has 1 nitrogen and oxygen atoms in total. The Labute approximate surface area is 153 Å². The number of ether oxygens (including phenoxy) is 1. The van der Waals surface area contributed by atoms with Crippen molar-refractivity contribution in [1.29, 1.82) is 0 Å². The Morgan fingerprint density at radius 2 is 1.55 bits per heavy atom. The minimum atomic E-state index is 0.223. The zero-order valence-electron chi connectivity index (χ0n) is 14.7. The van der Waals surface area contributed by atoms with Crippen molar-refractivity contribution in [2.75, 3.05) is 6.61 Å². The van der Waals surface area contributed by atoms with E-state index in [1.54, 1.807) is 0 Å². The van der Waals surface area contributed by atoms with Gasteiger partial charge < -0.3 is 4.74 Å². The molecular formula is C19H37IOSi. The van der Waals surface area contributed by atoms with Gasteiger partial charge in [0.2, 0.25) is 0 Å². The molecule has 2 fully saturated rings. The maximum Gasteiger partial charge on any atom is 0.0938 e. The Kier molecular flexibility index (Phi) is 10.0. The zero-order valence-corrected chi connectivity index (χ0v) is 18.3. The molecule has 0 heterocycles. The third-order valence-corrected chi connectivity index (χ3v) is 9.18. The van der Waals surface area contributed by atoms with Crippen LogP contribution in [0.1, 0.15) is 84.0 Å². The lowest BCUT2D eigenvalue weighted by molar-refractivity contribution is 0.00731. The van der Waals surface area contributed by atoms with Crippen LogP contribution in [-0.2, 0) is 4.74 Å². The van der Waals surface area contributed by atoms with Crippen molar-refractivity contribution < 1.29 is 4.74 Å². The Hall–Kier alpha value is 0.907. The summed E-state index contributed by atoms with van der Waals surface area (Å²) in [6.07, 6.45) is 18.0. The van der Waals surface area contributed by atoms with Gasteiger partial charge in [-0.2, -0.15) is 0 Å². The minimum Gasteiger partial charge on any atom is -0.378 e. The highest BCUT2D eigenvalue weighted by Crippen LogP contribution is 2.41. The van der Waals surface area contributed by atoms with E-state index >= 15 is 0 Å². The topological polar surface area (TPSA) is 9.23 Å². The first-order valence-corrected chi connectivity index (χ1v) is 16.1. The Bertz CT molecular complexity index is 271. The van der Waals surface area contributed by atoms with E-state index in [4.69, 9.17) is 4.74 Å². The summed E-state index contributed by atoms with van der Waals surface area (Å²) in [5, 5.41) is 0. The molecule has 0 aromatic carbocycles. The molecule has 2 saturated carbocycles. The van der Waals surface area contributed by atoms with Gasteiger partial charge in [0.15, 0.2) is 0 Å². The summed E-state index contributed by atoms with van der Waals surface area (Å²) in [7, 11) is 0.223. The molecule has 0 saturated heterocycles. The maximum absolute atomic E-state index is 6.10. The molecule has 0 aromatic rings. The van der Waals surface area contributed by atoms with Crippen molar-refractivity contribution in [2.45, 2.75) is 96.1 Å². The minimum absolute atomic E-state index is 0.223. The molecule has 0 aliphatic heterocycles. The first-order chi connectivity index (χ1) is 10.8. The molecule has 0 spiro atoms. The summed E-state index contributed by atoms with van der Waals surface area (Å²) in [5.41, 5.74) is 0. The summed E-state index contributed by atoms with van der Waals surface area (Å²) in [4.78, 5) is 0. The largest absolute Gasteiger partial charge is 0.378 e. The van der Waals surface area contributed by atoms with E-state index in [1.807, 2.05) is 0 Å². The maximum atomic E-state index is 6.10. The summed E-state index contributed by atoms with van der Waals surface area (Å²) < 4.78 is 6.10. The van der Waals surface area contributed by atoms with E-state index in [-0.39, 0.29) is 7.02 Å². The van der Waals surface area contributed by atoms with Gasteiger partial charge in [-0.1, -0.05) is 45.1 Å². The third-order valence-electron chi connectivity index (χ3n) is 6.12. The van der Waals surface area contributed by atoms with Gasteiger partial charge in [-0.15, -0.1) is 21.8 Å². The number of hydrogen-bond acceptors (Lipinski definition) is 1. The predicted octanol–water partition coefficient (Wildman–Crippen LogP) is 5.89. The van der Waals surface area contributed by atoms with Crippen molar-refractivity contribution in [3.05, 3.63) is 0 Å². The molecule has 0 atom stereocenters. The van der Waals surface area contributed by atoms with Gasteiger partial charge in [-0.05, 0) is 62.7 Å². The highest BCUT2D eigenvalue weighted by atomic mass is 127. The molecule has 130 valence electrons. The van der Waals surface area contributed by atoms with Crippen molar-refractivity contribution in [1.82, 2.24) is 0 Å². The predicted molar refractivity (Wildman–Crippen MR) is 109 cm³/mol. The quantitative estimate of drug-likeness (QED) is 0.190. The van der Waals surface area contributed by atoms with Crippen LogP contribution in [0.3, 0.4) is 0 Å². The Morgan fingerprint density at radius 1 is 0.909 bits per heavy atom. The first-order valence-electron chi connectivity index (χ1n) is 10.0. The van der Waals surface area contributed by atoms with Crippen molar-refractivity contribution in [3.63, 3.8) is 0 Å². The average Bonchev–Trinajstić information content (AvgIpc) is 2.58. The number of unbranched alkanes of at least 4 members (excludes halogenated alkanes) is 1. The molecule has 2 aliphatic carbocycles. The molecule has 0 N–H and O–H groups in total. The molecule has 22 heavy (non-hydrogen) atoms. The first kappa shape index (κ1) is 19.2. The van der Waals surface area contributed by atoms with Crippen molar-refractivity contribution >= 4 is 28.8 Å². The fourth-order valence-electron chi connectivity index (χ4n) is 4.61. The standard InChI is InChI=1S/C19H37IOSi/c1-2-3-5-16-6-8-17(9-7-16)18-10-12-19(13-11-18)21-14-4-15-22-20/h16-19H,2-15,22H2,1H3. The monoisotopic (exact) mass is 436 g/mol. The smallest absolute Gasteiger partial charge is 0.0938 e. The van der Waals surface area contributed by atoms with Crippen LogP contribution in [-0.4, -0.2) is 19.7 Å². The van der Waals surface area contributed by atoms with Gasteiger partial charge in [0, 0.05) is 6.61 Å². The van der Waals surface area contributed by atoms with Crippen LogP contribution in [0, 0.1) is 17.8 Å². The molecular weight excluding hydrogens is 399 g/mol. The lowest BCUT2D eigenvalue weighted by Gasteiger charge is -2.37. The van der Waals surface area contributed by atoms with E-state index in [0.29, 0.717) is 6.10 Å². The van der Waals surface area contributed by atoms with E-state index in [1.165, 1.54) is 83.1 Å². The van der Waals surface area contributed by atoms with Crippen LogP contribution in [0.15, 0.2) is 0 Å². The van der Waals surface area contributed by atoms with E-state index < -0.39 is 0 Å². The molecule has 0 amide bonds. The second-order valence-corrected chi connectivity index (χ2v) is 12.0. The summed E-state index contributed by atoms with van der Waals surface area (Å²) in [5.74, 6) is 3.16. The third kappa shape index (κ3) is 6.80. The van der Waals surface area contributed by atoms with Crippen LogP contribution < -0.4 is 0 Å². The van der Waals surface area contributed by atoms with E-state index in [2.05, 4.69) is 28.7 Å². The van der Waals surface area contributed by atoms with Crippen LogP contribution in [0.2, 0.25) is 6.04 Å². The van der Waals surface area contributed by atoms with Gasteiger partial charge >= 0.3 is 0 Å². The molecule has 2 rings (SSSR count). The normalized spacial score (nSPS) is 33.5. The highest BCUT2D eigenvalue weighted by Gasteiger charge is 2.30. The van der Waals surface area contributed by atoms with Gasteiger partial charge in [0.05, 0.1) is 13.1 Å². The SMILES string of the molecule is CCCCC1CCC(C2CCC(OCCC[SiH2]I)CC2)CC1. The second-order valence-electron chi connectivity index (χ2n) is 7.73. The molecule has 3 heteroatoms. The lowest BCUT2D eigenvalue weighted by Crippen LogP contribution is -2.28. The molecule has 0 aromatic heterocycles. The average molecular weight is 436 g/mol. The van der Waals surface area contributed by atoms with Crippen molar-refractivity contribution in [3.8, 4) is 0 Å². The van der Waals surface area contributed by atoms with Gasteiger partial charge in [0.25, 0.3) is 0 Å². The van der Waals surface area contributed by atoms with Gasteiger partial charge in [-0.3, -0.25) is 0 Å². The van der Waals surface area contributed by atoms with Crippen LogP contribution in [0.5, 0.6) is 0 Å². The Morgan fingerprint density at radius 3 is 2.14 bits per heavy atom. The summed E-state index contributed by atoms with van der Waals surface area (Å²) in [6, 6.07) is 1.46. The second kappa shape index (κ2) is 11.5.